The van der Waals surface area contributed by atoms with Crippen LogP contribution < -0.4 is 5.32 Å². The van der Waals surface area contributed by atoms with E-state index < -0.39 is 0 Å². The van der Waals surface area contributed by atoms with Crippen LogP contribution in [-0.2, 0) is 4.74 Å². The molecule has 1 aliphatic heterocycles. The van der Waals surface area contributed by atoms with Gasteiger partial charge in [0.05, 0.1) is 12.6 Å². The Hall–Kier alpha value is -0.700. The average Bonchev–Trinajstić information content (AvgIpc) is 2.36. The lowest BCUT2D eigenvalue weighted by Crippen LogP contribution is -2.25. The zero-order valence-corrected chi connectivity index (χ0v) is 11.9. The minimum absolute atomic E-state index is 0.0338. The summed E-state index contributed by atoms with van der Waals surface area (Å²) in [7, 11) is 0. The van der Waals surface area contributed by atoms with E-state index in [0.29, 0.717) is 10.0 Å². The van der Waals surface area contributed by atoms with E-state index in [4.69, 9.17) is 27.9 Å². The quantitative estimate of drug-likeness (QED) is 0.889. The van der Waals surface area contributed by atoms with E-state index >= 15 is 0 Å². The molecule has 18 heavy (non-hydrogen) atoms. The lowest BCUT2D eigenvalue weighted by Gasteiger charge is -2.25. The second-order valence-corrected chi connectivity index (χ2v) is 5.16. The van der Waals surface area contributed by atoms with Crippen LogP contribution in [0.2, 0.25) is 10.0 Å². The van der Waals surface area contributed by atoms with Crippen molar-refractivity contribution in [3.05, 3.63) is 45.6 Å². The fourth-order valence-electron chi connectivity index (χ4n) is 2.11. The van der Waals surface area contributed by atoms with E-state index in [0.717, 1.165) is 37.3 Å². The molecule has 0 spiro atoms. The van der Waals surface area contributed by atoms with Gasteiger partial charge in [-0.25, -0.2) is 0 Å². The molecular weight excluding hydrogens is 269 g/mol. The molecule has 0 fully saturated rings. The first kappa shape index (κ1) is 13.7. The summed E-state index contributed by atoms with van der Waals surface area (Å²) in [5.41, 5.74) is 1.04. The standard InChI is InChI=1S/C14H17Cl2NO/c1-2-17-14(13-5-3-4-6-18-13)10-7-11(15)9-12(16)8-10/h5,7-9,14,17H,2-4,6H2,1H3. The summed E-state index contributed by atoms with van der Waals surface area (Å²) in [6.07, 6.45) is 4.29. The Morgan fingerprint density at radius 1 is 1.28 bits per heavy atom. The lowest BCUT2D eigenvalue weighted by atomic mass is 10.0. The number of rotatable bonds is 4. The third-order valence-electron chi connectivity index (χ3n) is 2.87. The fraction of sp³-hybridized carbons (Fsp3) is 0.429. The van der Waals surface area contributed by atoms with E-state index in [-0.39, 0.29) is 6.04 Å². The van der Waals surface area contributed by atoms with Gasteiger partial charge in [-0.15, -0.1) is 0 Å². The van der Waals surface area contributed by atoms with Crippen molar-refractivity contribution in [3.63, 3.8) is 0 Å². The number of nitrogens with one attached hydrogen (secondary N) is 1. The number of hydrogen-bond acceptors (Lipinski definition) is 2. The summed E-state index contributed by atoms with van der Waals surface area (Å²) >= 11 is 12.1. The minimum atomic E-state index is 0.0338. The van der Waals surface area contributed by atoms with Gasteiger partial charge in [0.2, 0.25) is 0 Å². The van der Waals surface area contributed by atoms with Crippen LogP contribution in [0.5, 0.6) is 0 Å². The van der Waals surface area contributed by atoms with Crippen LogP contribution in [0, 0.1) is 0 Å². The van der Waals surface area contributed by atoms with Crippen LogP contribution in [0.15, 0.2) is 30.0 Å². The average molecular weight is 286 g/mol. The summed E-state index contributed by atoms with van der Waals surface area (Å²) in [4.78, 5) is 0. The summed E-state index contributed by atoms with van der Waals surface area (Å²) < 4.78 is 5.74. The maximum Gasteiger partial charge on any atom is 0.113 e. The summed E-state index contributed by atoms with van der Waals surface area (Å²) in [5.74, 6) is 0.974. The van der Waals surface area contributed by atoms with Crippen LogP contribution in [0.25, 0.3) is 0 Å². The third-order valence-corrected chi connectivity index (χ3v) is 3.31. The van der Waals surface area contributed by atoms with E-state index in [1.165, 1.54) is 0 Å². The van der Waals surface area contributed by atoms with E-state index in [1.807, 2.05) is 12.1 Å². The molecule has 0 saturated heterocycles. The van der Waals surface area contributed by atoms with Gasteiger partial charge in [-0.3, -0.25) is 0 Å². The van der Waals surface area contributed by atoms with Crippen LogP contribution in [-0.4, -0.2) is 13.2 Å². The highest BCUT2D eigenvalue weighted by atomic mass is 35.5. The largest absolute Gasteiger partial charge is 0.496 e. The Morgan fingerprint density at radius 3 is 2.56 bits per heavy atom. The van der Waals surface area contributed by atoms with Gasteiger partial charge in [0.25, 0.3) is 0 Å². The molecule has 0 bridgehead atoms. The molecule has 1 N–H and O–H groups in total. The molecule has 2 rings (SSSR count). The molecule has 0 aliphatic carbocycles. The van der Waals surface area contributed by atoms with Crippen molar-refractivity contribution in [2.45, 2.75) is 25.8 Å². The van der Waals surface area contributed by atoms with Crippen molar-refractivity contribution < 1.29 is 4.74 Å². The first-order valence-corrected chi connectivity index (χ1v) is 6.98. The van der Waals surface area contributed by atoms with E-state index in [1.54, 1.807) is 6.07 Å². The predicted molar refractivity (Wildman–Crippen MR) is 76.1 cm³/mol. The van der Waals surface area contributed by atoms with Crippen molar-refractivity contribution in [2.75, 3.05) is 13.2 Å². The zero-order chi connectivity index (χ0) is 13.0. The number of benzene rings is 1. The van der Waals surface area contributed by atoms with Gasteiger partial charge in [0.15, 0.2) is 0 Å². The SMILES string of the molecule is CCNC(C1=CCCCO1)c1cc(Cl)cc(Cl)c1. The Kier molecular flexibility index (Phi) is 4.93. The summed E-state index contributed by atoms with van der Waals surface area (Å²) in [6, 6.07) is 5.64. The minimum Gasteiger partial charge on any atom is -0.496 e. The molecule has 1 aliphatic rings. The Labute approximate surface area is 118 Å². The molecule has 0 aromatic heterocycles. The maximum atomic E-state index is 6.06. The number of halogens is 2. The second-order valence-electron chi connectivity index (χ2n) is 4.29. The highest BCUT2D eigenvalue weighted by Crippen LogP contribution is 2.30. The molecule has 2 nitrogen and oxygen atoms in total. The van der Waals surface area contributed by atoms with Crippen molar-refractivity contribution in [2.24, 2.45) is 0 Å². The first-order chi connectivity index (χ1) is 8.70. The van der Waals surface area contributed by atoms with Crippen molar-refractivity contribution in [3.8, 4) is 0 Å². The first-order valence-electron chi connectivity index (χ1n) is 6.23. The topological polar surface area (TPSA) is 21.3 Å². The van der Waals surface area contributed by atoms with Crippen LogP contribution >= 0.6 is 23.2 Å². The van der Waals surface area contributed by atoms with Gasteiger partial charge < -0.3 is 10.1 Å². The van der Waals surface area contributed by atoms with Gasteiger partial charge in [-0.1, -0.05) is 30.1 Å². The van der Waals surface area contributed by atoms with Gasteiger partial charge in [-0.05, 0) is 49.2 Å². The highest BCUT2D eigenvalue weighted by Gasteiger charge is 2.19. The second kappa shape index (κ2) is 6.46. The van der Waals surface area contributed by atoms with E-state index in [9.17, 15) is 0 Å². The molecule has 0 radical (unpaired) electrons. The predicted octanol–water partition coefficient (Wildman–Crippen LogP) is 4.34. The molecule has 98 valence electrons. The Bertz CT molecular complexity index is 425. The molecule has 1 heterocycles. The normalized spacial score (nSPS) is 16.9. The molecule has 4 heteroatoms. The van der Waals surface area contributed by atoms with Crippen molar-refractivity contribution >= 4 is 23.2 Å². The number of hydrogen-bond donors (Lipinski definition) is 1. The molecule has 1 atom stereocenters. The van der Waals surface area contributed by atoms with Crippen LogP contribution in [0.4, 0.5) is 0 Å². The smallest absolute Gasteiger partial charge is 0.113 e. The van der Waals surface area contributed by atoms with Gasteiger partial charge >= 0.3 is 0 Å². The number of ether oxygens (including phenoxy) is 1. The van der Waals surface area contributed by atoms with Crippen molar-refractivity contribution in [1.29, 1.82) is 0 Å². The molecule has 1 aromatic rings. The highest BCUT2D eigenvalue weighted by molar-refractivity contribution is 6.34. The van der Waals surface area contributed by atoms with Gasteiger partial charge in [0, 0.05) is 10.0 Å². The van der Waals surface area contributed by atoms with Crippen molar-refractivity contribution in [1.82, 2.24) is 5.32 Å². The van der Waals surface area contributed by atoms with E-state index in [2.05, 4.69) is 18.3 Å². The van der Waals surface area contributed by atoms with Crippen LogP contribution in [0.3, 0.4) is 0 Å². The van der Waals surface area contributed by atoms with Gasteiger partial charge in [0.1, 0.15) is 5.76 Å². The van der Waals surface area contributed by atoms with Crippen LogP contribution in [0.1, 0.15) is 31.4 Å². The number of likely N-dealkylation sites (N-methyl/N-ethyl adjacent to an activating group) is 1. The lowest BCUT2D eigenvalue weighted by molar-refractivity contribution is 0.168. The summed E-state index contributed by atoms with van der Waals surface area (Å²) in [5, 5.41) is 4.71. The Morgan fingerprint density at radius 2 is 2.00 bits per heavy atom. The van der Waals surface area contributed by atoms with Gasteiger partial charge in [-0.2, -0.15) is 0 Å². The molecule has 0 amide bonds. The third kappa shape index (κ3) is 3.41. The number of allylic oxidation sites excluding steroid dienone is 1. The zero-order valence-electron chi connectivity index (χ0n) is 10.4. The molecule has 1 aromatic carbocycles. The monoisotopic (exact) mass is 285 g/mol. The molecule has 1 unspecified atom stereocenters. The molecular formula is C14H17Cl2NO. The fourth-order valence-corrected chi connectivity index (χ4v) is 2.65. The maximum absolute atomic E-state index is 6.06. The summed E-state index contributed by atoms with van der Waals surface area (Å²) in [6.45, 7) is 3.71. The Balaban J connectivity index is 2.31. The molecule has 0 saturated carbocycles.